The van der Waals surface area contributed by atoms with Crippen molar-refractivity contribution in [3.63, 3.8) is 0 Å². The molecule has 0 fully saturated rings. The van der Waals surface area contributed by atoms with Crippen LogP contribution in [0, 0.1) is 10.7 Å². The maximum atomic E-state index is 12.7. The summed E-state index contributed by atoms with van der Waals surface area (Å²) in [5.74, 6) is 0.169. The number of rotatable bonds is 8. The van der Waals surface area contributed by atoms with Crippen molar-refractivity contribution in [1.29, 1.82) is 0 Å². The third-order valence-corrected chi connectivity index (χ3v) is 5.33. The van der Waals surface area contributed by atoms with Gasteiger partial charge in [0.25, 0.3) is 0 Å². The van der Waals surface area contributed by atoms with Crippen LogP contribution in [0.15, 0.2) is 42.5 Å². The van der Waals surface area contributed by atoms with Gasteiger partial charge < -0.3 is 15.2 Å². The van der Waals surface area contributed by atoms with Crippen molar-refractivity contribution in [2.24, 2.45) is 5.92 Å². The molecule has 0 aliphatic heterocycles. The third kappa shape index (κ3) is 5.13. The minimum Gasteiger partial charge on any atom is -0.347 e. The van der Waals surface area contributed by atoms with Crippen molar-refractivity contribution >= 4 is 34.8 Å². The van der Waals surface area contributed by atoms with Crippen molar-refractivity contribution in [3.05, 3.63) is 58.6 Å². The van der Waals surface area contributed by atoms with Gasteiger partial charge in [0, 0.05) is 6.54 Å². The highest BCUT2D eigenvalue weighted by molar-refractivity contribution is 7.71. The highest BCUT2D eigenvalue weighted by Gasteiger charge is 2.24. The zero-order valence-corrected chi connectivity index (χ0v) is 18.3. The van der Waals surface area contributed by atoms with E-state index in [4.69, 9.17) is 12.2 Å². The van der Waals surface area contributed by atoms with E-state index in [0.29, 0.717) is 17.1 Å². The number of carbonyl (C=O) groups is 2. The second kappa shape index (κ2) is 9.67. The van der Waals surface area contributed by atoms with Gasteiger partial charge in [-0.2, -0.15) is 5.10 Å². The molecule has 7 nitrogen and oxygen atoms in total. The van der Waals surface area contributed by atoms with Crippen molar-refractivity contribution in [3.8, 4) is 0 Å². The fraction of sp³-hybridized carbons (Fsp3) is 0.364. The van der Waals surface area contributed by atoms with Crippen molar-refractivity contribution in [2.75, 3.05) is 0 Å². The van der Waals surface area contributed by atoms with E-state index >= 15 is 0 Å². The zero-order valence-electron chi connectivity index (χ0n) is 17.4. The first-order valence-corrected chi connectivity index (χ1v) is 10.5. The summed E-state index contributed by atoms with van der Waals surface area (Å²) in [6.07, 6.45) is 0.218. The third-order valence-electron chi connectivity index (χ3n) is 5.02. The van der Waals surface area contributed by atoms with E-state index in [1.54, 1.807) is 0 Å². The van der Waals surface area contributed by atoms with Crippen molar-refractivity contribution in [2.45, 2.75) is 46.3 Å². The number of nitrogens with zero attached hydrogens (tertiary/aromatic N) is 2. The van der Waals surface area contributed by atoms with Crippen LogP contribution in [0.4, 0.5) is 0 Å². The first kappa shape index (κ1) is 21.7. The van der Waals surface area contributed by atoms with Crippen LogP contribution >= 0.6 is 12.2 Å². The van der Waals surface area contributed by atoms with Gasteiger partial charge in [-0.25, -0.2) is 0 Å². The van der Waals surface area contributed by atoms with Gasteiger partial charge in [-0.3, -0.25) is 14.7 Å². The molecule has 1 atom stereocenters. The minimum atomic E-state index is -0.630. The molecule has 2 amide bonds. The van der Waals surface area contributed by atoms with Gasteiger partial charge >= 0.3 is 0 Å². The summed E-state index contributed by atoms with van der Waals surface area (Å²) in [4.78, 5) is 25.3. The van der Waals surface area contributed by atoms with Crippen LogP contribution in [0.1, 0.15) is 32.2 Å². The SMILES string of the molecule is CCn1c(CNC(=O)C(NC(=O)Cc2ccc3ccccc3c2)C(C)C)n[nH]c1=S. The minimum absolute atomic E-state index is 0.0578. The van der Waals surface area contributed by atoms with Crippen LogP contribution in [0.2, 0.25) is 0 Å². The van der Waals surface area contributed by atoms with Crippen LogP contribution in [0.3, 0.4) is 0 Å². The van der Waals surface area contributed by atoms with E-state index in [1.165, 1.54) is 0 Å². The molecular weight excluding hydrogens is 398 g/mol. The summed E-state index contributed by atoms with van der Waals surface area (Å²) in [5, 5.41) is 14.8. The number of nitrogens with one attached hydrogen (secondary N) is 3. The average Bonchev–Trinajstić information content (AvgIpc) is 3.09. The summed E-state index contributed by atoms with van der Waals surface area (Å²) in [5.41, 5.74) is 0.910. The Morgan fingerprint density at radius 1 is 1.17 bits per heavy atom. The Morgan fingerprint density at radius 2 is 1.90 bits per heavy atom. The molecule has 0 saturated carbocycles. The molecule has 30 heavy (non-hydrogen) atoms. The number of amides is 2. The molecule has 0 spiro atoms. The Morgan fingerprint density at radius 3 is 2.60 bits per heavy atom. The molecular formula is C22H27N5O2S. The quantitative estimate of drug-likeness (QED) is 0.484. The van der Waals surface area contributed by atoms with Gasteiger partial charge in [-0.05, 0) is 41.4 Å². The molecule has 0 saturated heterocycles. The Hall–Kier alpha value is -3.00. The monoisotopic (exact) mass is 425 g/mol. The second-order valence-corrected chi connectivity index (χ2v) is 7.94. The fourth-order valence-electron chi connectivity index (χ4n) is 3.38. The average molecular weight is 426 g/mol. The Balaban J connectivity index is 1.62. The van der Waals surface area contributed by atoms with E-state index < -0.39 is 6.04 Å². The molecule has 3 rings (SSSR count). The Labute approximate surface area is 180 Å². The molecule has 1 heterocycles. The predicted molar refractivity (Wildman–Crippen MR) is 119 cm³/mol. The highest BCUT2D eigenvalue weighted by Crippen LogP contribution is 2.16. The van der Waals surface area contributed by atoms with Crippen LogP contribution in [0.5, 0.6) is 0 Å². The van der Waals surface area contributed by atoms with Crippen LogP contribution in [-0.4, -0.2) is 32.6 Å². The molecule has 0 aliphatic carbocycles. The molecule has 3 aromatic rings. The van der Waals surface area contributed by atoms with Gasteiger partial charge in [-0.15, -0.1) is 0 Å². The van der Waals surface area contributed by atoms with Crippen LogP contribution < -0.4 is 10.6 Å². The number of hydrogen-bond acceptors (Lipinski definition) is 4. The Kier molecular flexibility index (Phi) is 6.99. The van der Waals surface area contributed by atoms with Crippen LogP contribution in [-0.2, 0) is 29.1 Å². The molecule has 1 aromatic heterocycles. The molecule has 158 valence electrons. The van der Waals surface area contributed by atoms with E-state index in [2.05, 4.69) is 20.8 Å². The van der Waals surface area contributed by atoms with E-state index in [-0.39, 0.29) is 30.7 Å². The number of aromatic amines is 1. The highest BCUT2D eigenvalue weighted by atomic mass is 32.1. The van der Waals surface area contributed by atoms with Crippen molar-refractivity contribution in [1.82, 2.24) is 25.4 Å². The number of H-pyrrole nitrogens is 1. The molecule has 0 radical (unpaired) electrons. The largest absolute Gasteiger partial charge is 0.347 e. The standard InChI is InChI=1S/C22H27N5O2S/c1-4-27-18(25-26-22(27)30)13-23-21(29)20(14(2)3)24-19(28)12-15-9-10-16-7-5-6-8-17(16)11-15/h5-11,14,20H,4,12-13H2,1-3H3,(H,23,29)(H,24,28)(H,26,30). The molecule has 0 aliphatic rings. The van der Waals surface area contributed by atoms with Gasteiger partial charge in [0.05, 0.1) is 13.0 Å². The number of carbonyl (C=O) groups excluding carboxylic acids is 2. The molecule has 8 heteroatoms. The number of hydrogen-bond donors (Lipinski definition) is 3. The van der Waals surface area contributed by atoms with Gasteiger partial charge in [0.1, 0.15) is 6.04 Å². The first-order valence-electron chi connectivity index (χ1n) is 10.1. The lowest BCUT2D eigenvalue weighted by Crippen LogP contribution is -2.50. The summed E-state index contributed by atoms with van der Waals surface area (Å²) < 4.78 is 2.34. The number of aromatic nitrogens is 3. The summed E-state index contributed by atoms with van der Waals surface area (Å²) in [7, 11) is 0. The van der Waals surface area contributed by atoms with Crippen molar-refractivity contribution < 1.29 is 9.59 Å². The molecule has 1 unspecified atom stereocenters. The lowest BCUT2D eigenvalue weighted by molar-refractivity contribution is -0.129. The molecule has 0 bridgehead atoms. The van der Waals surface area contributed by atoms with Gasteiger partial charge in [0.2, 0.25) is 11.8 Å². The van der Waals surface area contributed by atoms with Crippen LogP contribution in [0.25, 0.3) is 10.8 Å². The lowest BCUT2D eigenvalue weighted by atomic mass is 10.0. The smallest absolute Gasteiger partial charge is 0.243 e. The number of fused-ring (bicyclic) bond motifs is 1. The fourth-order valence-corrected chi connectivity index (χ4v) is 3.66. The predicted octanol–water partition coefficient (Wildman–Crippen LogP) is 3.11. The van der Waals surface area contributed by atoms with Gasteiger partial charge in [0.15, 0.2) is 10.6 Å². The lowest BCUT2D eigenvalue weighted by Gasteiger charge is -2.21. The maximum Gasteiger partial charge on any atom is 0.243 e. The van der Waals surface area contributed by atoms with E-state index in [0.717, 1.165) is 16.3 Å². The summed E-state index contributed by atoms with van der Waals surface area (Å²) in [6.45, 7) is 6.67. The normalized spacial score (nSPS) is 12.1. The maximum absolute atomic E-state index is 12.7. The zero-order chi connectivity index (χ0) is 21.7. The summed E-state index contributed by atoms with van der Waals surface area (Å²) in [6, 6.07) is 13.3. The number of benzene rings is 2. The summed E-state index contributed by atoms with van der Waals surface area (Å²) >= 11 is 5.17. The van der Waals surface area contributed by atoms with E-state index in [9.17, 15) is 9.59 Å². The molecule has 2 aromatic carbocycles. The van der Waals surface area contributed by atoms with E-state index in [1.807, 2.05) is 67.8 Å². The van der Waals surface area contributed by atoms with Gasteiger partial charge in [-0.1, -0.05) is 56.3 Å². The molecule has 3 N–H and O–H groups in total. The topological polar surface area (TPSA) is 91.8 Å². The Bertz CT molecular complexity index is 1100. The second-order valence-electron chi connectivity index (χ2n) is 7.55. The first-order chi connectivity index (χ1) is 14.4.